The van der Waals surface area contributed by atoms with Gasteiger partial charge in [-0.05, 0) is 12.1 Å². The standard InChI is InChI=1S/C5H5N.H2I.NO3/c1-2-4-6-5-3-1;;2-1(3)4/h1-5H;1H2;/q;+1;-1. The van der Waals surface area contributed by atoms with E-state index in [2.05, 4.69) is 4.98 Å². The molecule has 6 heteroatoms. The van der Waals surface area contributed by atoms with Crippen molar-refractivity contribution >= 4 is 0 Å². The Morgan fingerprint density at radius 2 is 1.45 bits per heavy atom. The Balaban J connectivity index is 0. The fraction of sp³-hybridized carbons (Fsp3) is 0. The summed E-state index contributed by atoms with van der Waals surface area (Å²) in [6, 6.07) is 5.72. The molecule has 0 saturated heterocycles. The van der Waals surface area contributed by atoms with E-state index in [1.165, 1.54) is 0 Å². The Labute approximate surface area is 80.2 Å². The molecule has 0 atom stereocenters. The Kier molecular flexibility index (Phi) is 10.5. The third-order valence-corrected chi connectivity index (χ3v) is 0.566. The molecule has 0 unspecified atom stereocenters. The van der Waals surface area contributed by atoms with Gasteiger partial charge in [-0.1, -0.05) is 6.07 Å². The summed E-state index contributed by atoms with van der Waals surface area (Å²) in [5.74, 6) is 0. The number of pyridine rings is 1. The van der Waals surface area contributed by atoms with Crippen molar-refractivity contribution in [3.8, 4) is 0 Å². The largest absolute Gasteiger partial charge is 0.356 e. The molecule has 62 valence electrons. The molecule has 0 aliphatic rings. The van der Waals surface area contributed by atoms with Crippen LogP contribution in [0.5, 0.6) is 0 Å². The van der Waals surface area contributed by atoms with Gasteiger partial charge in [-0.2, -0.15) is 0 Å². The first-order valence-electron chi connectivity index (χ1n) is 2.40. The lowest BCUT2D eigenvalue weighted by atomic mass is 10.5. The number of hydrogen-bond donors (Lipinski definition) is 0. The van der Waals surface area contributed by atoms with E-state index in [9.17, 15) is 0 Å². The molecule has 0 amide bonds. The molecule has 11 heavy (non-hydrogen) atoms. The second-order valence-corrected chi connectivity index (χ2v) is 1.25. The maximum atomic E-state index is 8.25. The average Bonchev–Trinajstić information content (AvgIpc) is 1.90. The summed E-state index contributed by atoms with van der Waals surface area (Å²) < 4.78 is 0. The van der Waals surface area contributed by atoms with Gasteiger partial charge < -0.3 is 15.3 Å². The van der Waals surface area contributed by atoms with E-state index < -0.39 is 5.09 Å². The highest BCUT2D eigenvalue weighted by Crippen LogP contribution is 1.73. The zero-order valence-electron chi connectivity index (χ0n) is 5.45. The minimum Gasteiger partial charge on any atom is -0.356 e. The quantitative estimate of drug-likeness (QED) is 0.292. The van der Waals surface area contributed by atoms with Gasteiger partial charge in [0.05, 0.1) is 5.09 Å². The second kappa shape index (κ2) is 9.08. The van der Waals surface area contributed by atoms with E-state index in [-0.39, 0.29) is 24.0 Å². The fourth-order valence-electron chi connectivity index (χ4n) is 0.313. The molecule has 0 aromatic carbocycles. The lowest BCUT2D eigenvalue weighted by molar-refractivity contribution is -0.402. The number of rotatable bonds is 0. The summed E-state index contributed by atoms with van der Waals surface area (Å²) in [4.78, 5) is 12.0. The lowest BCUT2D eigenvalue weighted by Gasteiger charge is -1.74. The third-order valence-electron chi connectivity index (χ3n) is 0.566. The van der Waals surface area contributed by atoms with E-state index in [0.29, 0.717) is 0 Å². The second-order valence-electron chi connectivity index (χ2n) is 1.25. The van der Waals surface area contributed by atoms with Crippen molar-refractivity contribution in [3.63, 3.8) is 0 Å². The molecular weight excluding hydrogens is 263 g/mol. The minimum atomic E-state index is -1.75. The van der Waals surface area contributed by atoms with Crippen LogP contribution in [0.25, 0.3) is 0 Å². The van der Waals surface area contributed by atoms with Gasteiger partial charge in [0.25, 0.3) is 0 Å². The molecule has 0 radical (unpaired) electrons. The van der Waals surface area contributed by atoms with Crippen LogP contribution in [0, 0.1) is 15.3 Å². The van der Waals surface area contributed by atoms with Crippen LogP contribution in [0.15, 0.2) is 30.6 Å². The summed E-state index contributed by atoms with van der Waals surface area (Å²) in [5, 5.41) is 14.8. The molecule has 0 saturated carbocycles. The van der Waals surface area contributed by atoms with Crippen molar-refractivity contribution in [3.05, 3.63) is 45.9 Å². The summed E-state index contributed by atoms with van der Waals surface area (Å²) in [6.45, 7) is 0. The first kappa shape index (κ1) is 12.7. The van der Waals surface area contributed by atoms with Gasteiger partial charge in [-0.3, -0.25) is 4.98 Å². The summed E-state index contributed by atoms with van der Waals surface area (Å²) in [7, 11) is 0. The van der Waals surface area contributed by atoms with Crippen molar-refractivity contribution in [2.24, 2.45) is 0 Å². The van der Waals surface area contributed by atoms with Crippen molar-refractivity contribution in [1.82, 2.24) is 4.98 Å². The van der Waals surface area contributed by atoms with Crippen LogP contribution in [0.1, 0.15) is 0 Å². The molecule has 1 aromatic rings. The average molecular weight is 270 g/mol. The number of hydrogen-bond acceptors (Lipinski definition) is 4. The molecule has 1 rings (SSSR count). The smallest absolute Gasteiger partial charge is 0.235 e. The van der Waals surface area contributed by atoms with Crippen LogP contribution in [-0.4, -0.2) is 10.1 Å². The Morgan fingerprint density at radius 1 is 1.09 bits per heavy atom. The van der Waals surface area contributed by atoms with Crippen molar-refractivity contribution in [2.75, 3.05) is 0 Å². The summed E-state index contributed by atoms with van der Waals surface area (Å²) in [5.41, 5.74) is 0. The molecule has 0 N–H and O–H groups in total. The van der Waals surface area contributed by atoms with Gasteiger partial charge in [0.2, 0.25) is 24.0 Å². The van der Waals surface area contributed by atoms with E-state index >= 15 is 0 Å². The van der Waals surface area contributed by atoms with Gasteiger partial charge in [-0.15, -0.1) is 0 Å². The maximum Gasteiger partial charge on any atom is 0.235 e. The number of aromatic nitrogens is 1. The van der Waals surface area contributed by atoms with Crippen LogP contribution >= 0.6 is 0 Å². The molecule has 0 spiro atoms. The Bertz CT molecular complexity index is 152. The van der Waals surface area contributed by atoms with Crippen molar-refractivity contribution in [2.45, 2.75) is 0 Å². The van der Waals surface area contributed by atoms with Crippen LogP contribution in [0.3, 0.4) is 0 Å². The van der Waals surface area contributed by atoms with Crippen molar-refractivity contribution in [1.29, 1.82) is 0 Å². The zero-order chi connectivity index (χ0) is 7.82. The predicted molar refractivity (Wildman–Crippen MR) is 37.4 cm³/mol. The summed E-state index contributed by atoms with van der Waals surface area (Å²) >= 11 is 0. The van der Waals surface area contributed by atoms with Gasteiger partial charge in [0.15, 0.2) is 0 Å². The SMILES string of the molecule is O=[N+]([O-])[O-].[IH2+].c1ccncc1. The lowest BCUT2D eigenvalue weighted by Crippen LogP contribution is -3.00. The first-order chi connectivity index (χ1) is 4.73. The van der Waals surface area contributed by atoms with Gasteiger partial charge >= 0.3 is 0 Å². The molecule has 1 heterocycles. The van der Waals surface area contributed by atoms with E-state index in [1.54, 1.807) is 12.4 Å². The Hall–Kier alpha value is -0.920. The molecule has 1 aromatic heterocycles. The number of nitrogens with zero attached hydrogens (tertiary/aromatic N) is 2. The summed E-state index contributed by atoms with van der Waals surface area (Å²) in [6.07, 6.45) is 3.50. The third kappa shape index (κ3) is 17.6. The zero-order valence-corrected chi connectivity index (χ0v) is 8.01. The highest BCUT2D eigenvalue weighted by Gasteiger charge is 1.58. The van der Waals surface area contributed by atoms with Gasteiger partial charge in [0.1, 0.15) is 0 Å². The maximum absolute atomic E-state index is 8.25. The van der Waals surface area contributed by atoms with Gasteiger partial charge in [-0.25, -0.2) is 0 Å². The van der Waals surface area contributed by atoms with E-state index in [0.717, 1.165) is 0 Å². The topological polar surface area (TPSA) is 79.1 Å². The molecule has 0 bridgehead atoms. The van der Waals surface area contributed by atoms with Crippen LogP contribution < -0.4 is 24.0 Å². The molecule has 0 aliphatic heterocycles. The molecule has 5 nitrogen and oxygen atoms in total. The van der Waals surface area contributed by atoms with E-state index in [4.69, 9.17) is 15.3 Å². The van der Waals surface area contributed by atoms with Crippen LogP contribution in [-0.2, 0) is 0 Å². The highest BCUT2D eigenvalue weighted by atomic mass is 127. The Morgan fingerprint density at radius 3 is 1.55 bits per heavy atom. The normalized spacial score (nSPS) is 6.55. The van der Waals surface area contributed by atoms with Crippen LogP contribution in [0.4, 0.5) is 0 Å². The molecule has 0 fully saturated rings. The van der Waals surface area contributed by atoms with Crippen molar-refractivity contribution < 1.29 is 29.1 Å². The number of halogens is 1. The monoisotopic (exact) mass is 270 g/mol. The predicted octanol–water partition coefficient (Wildman–Crippen LogP) is -2.69. The minimum absolute atomic E-state index is 0. The first-order valence-corrected chi connectivity index (χ1v) is 2.40. The van der Waals surface area contributed by atoms with E-state index in [1.807, 2.05) is 18.2 Å². The van der Waals surface area contributed by atoms with Crippen LogP contribution in [0.2, 0.25) is 0 Å². The molecular formula is C5H7IN2O3. The van der Waals surface area contributed by atoms with Gasteiger partial charge in [0, 0.05) is 12.4 Å². The molecule has 0 aliphatic carbocycles. The highest BCUT2D eigenvalue weighted by molar-refractivity contribution is 4.88. The fourth-order valence-corrected chi connectivity index (χ4v) is 0.313.